The minimum absolute atomic E-state index is 0.0888. The number of aryl methyl sites for hydroxylation is 2. The zero-order valence-corrected chi connectivity index (χ0v) is 29.1. The van der Waals surface area contributed by atoms with Crippen molar-refractivity contribution in [3.8, 4) is 0 Å². The Hall–Kier alpha value is -6.06. The van der Waals surface area contributed by atoms with Crippen LogP contribution >= 0.6 is 0 Å². The Kier molecular flexibility index (Phi) is 9.82. The van der Waals surface area contributed by atoms with Crippen LogP contribution in [0.25, 0.3) is 11.1 Å². The third-order valence-corrected chi connectivity index (χ3v) is 10.3. The maximum absolute atomic E-state index is 13.1. The molecule has 52 heavy (non-hydrogen) atoms. The molecule has 0 spiro atoms. The van der Waals surface area contributed by atoms with Gasteiger partial charge in [-0.15, -0.1) is 18.7 Å². The molecule has 2 heterocycles. The molecule has 0 aliphatic carbocycles. The van der Waals surface area contributed by atoms with Crippen LogP contribution in [0.4, 0.5) is 0 Å². The van der Waals surface area contributed by atoms with Crippen LogP contribution in [-0.4, -0.2) is 50.6 Å². The van der Waals surface area contributed by atoms with Gasteiger partial charge in [0.2, 0.25) is 0 Å². The number of imide groups is 2. The van der Waals surface area contributed by atoms with Crippen LogP contribution in [0.5, 0.6) is 0 Å². The molecule has 0 radical (unpaired) electrons. The van der Waals surface area contributed by atoms with Crippen molar-refractivity contribution in [1.29, 1.82) is 0 Å². The molecule has 262 valence electrons. The standard InChI is InChI=1S/C23H17NO5S.C15H11NO5S/c1-16-12-14-19(15-13-16)30(27,28)29-24-22(25)20(17-8-4-2-5-9-17)21(23(24)26)18-10-6-3-7-11-18;1-10-6-8-11(9-7-10)22(19,20)21-16-14(17)12-4-2-3-5-13(12)15(16)18/h2-15H,1H3;2-9H,1H3. The normalized spacial score (nSPS) is 14.4. The lowest BCUT2D eigenvalue weighted by Gasteiger charge is -2.14. The van der Waals surface area contributed by atoms with E-state index in [-0.39, 0.29) is 37.1 Å². The van der Waals surface area contributed by atoms with E-state index in [1.807, 2.05) is 6.92 Å². The van der Waals surface area contributed by atoms with Crippen molar-refractivity contribution in [2.24, 2.45) is 0 Å². The van der Waals surface area contributed by atoms with Gasteiger partial charge in [0.15, 0.2) is 0 Å². The first kappa shape index (κ1) is 35.8. The molecular weight excluding hydrogens is 709 g/mol. The summed E-state index contributed by atoms with van der Waals surface area (Å²) < 4.78 is 59.5. The highest BCUT2D eigenvalue weighted by molar-refractivity contribution is 7.87. The quantitative estimate of drug-likeness (QED) is 0.186. The topological polar surface area (TPSA) is 161 Å². The second-order valence-corrected chi connectivity index (χ2v) is 14.6. The molecule has 5 aromatic rings. The Bertz CT molecular complexity index is 2370. The number of nitrogens with zero attached hydrogens (tertiary/aromatic N) is 2. The van der Waals surface area contributed by atoms with Crippen LogP contribution in [0, 0.1) is 13.8 Å². The van der Waals surface area contributed by atoms with E-state index in [0.717, 1.165) is 11.1 Å². The lowest BCUT2D eigenvalue weighted by Crippen LogP contribution is -2.34. The number of rotatable bonds is 8. The third kappa shape index (κ3) is 7.08. The maximum atomic E-state index is 13.1. The van der Waals surface area contributed by atoms with E-state index in [1.165, 1.54) is 36.4 Å². The number of carbonyl (C=O) groups is 4. The minimum atomic E-state index is -4.38. The highest BCUT2D eigenvalue weighted by Gasteiger charge is 2.43. The molecule has 12 nitrogen and oxygen atoms in total. The van der Waals surface area contributed by atoms with Gasteiger partial charge in [0.25, 0.3) is 23.6 Å². The maximum Gasteiger partial charge on any atom is 0.318 e. The van der Waals surface area contributed by atoms with Crippen LogP contribution in [0.3, 0.4) is 0 Å². The lowest BCUT2D eigenvalue weighted by molar-refractivity contribution is -0.160. The van der Waals surface area contributed by atoms with E-state index in [2.05, 4.69) is 0 Å². The largest absolute Gasteiger partial charge is 0.318 e. The summed E-state index contributed by atoms with van der Waals surface area (Å²) in [6, 6.07) is 35.1. The Balaban J connectivity index is 0.000000187. The van der Waals surface area contributed by atoms with Gasteiger partial charge >= 0.3 is 20.2 Å². The van der Waals surface area contributed by atoms with Crippen LogP contribution in [0.2, 0.25) is 0 Å². The summed E-state index contributed by atoms with van der Waals surface area (Å²) in [5, 5.41) is 0.597. The molecule has 0 aromatic heterocycles. The third-order valence-electron chi connectivity index (χ3n) is 7.89. The second kappa shape index (κ2) is 14.3. The number of carbonyl (C=O) groups excluding carboxylic acids is 4. The van der Waals surface area contributed by atoms with E-state index in [4.69, 9.17) is 8.57 Å². The van der Waals surface area contributed by atoms with E-state index in [1.54, 1.807) is 104 Å². The Morgan fingerprint density at radius 3 is 1.06 bits per heavy atom. The molecule has 0 fully saturated rings. The molecule has 5 aromatic carbocycles. The van der Waals surface area contributed by atoms with Gasteiger partial charge in [0.05, 0.1) is 32.1 Å². The highest BCUT2D eigenvalue weighted by Crippen LogP contribution is 2.36. The van der Waals surface area contributed by atoms with Crippen molar-refractivity contribution in [3.63, 3.8) is 0 Å². The molecule has 0 atom stereocenters. The van der Waals surface area contributed by atoms with Crippen LogP contribution in [0.1, 0.15) is 43.0 Å². The number of hydrogen-bond acceptors (Lipinski definition) is 10. The van der Waals surface area contributed by atoms with Crippen LogP contribution in [-0.2, 0) is 38.4 Å². The molecule has 0 saturated carbocycles. The average molecular weight is 737 g/mol. The number of benzene rings is 5. The van der Waals surface area contributed by atoms with Crippen LogP contribution < -0.4 is 0 Å². The van der Waals surface area contributed by atoms with Crippen molar-refractivity contribution in [1.82, 2.24) is 10.1 Å². The first-order valence-corrected chi connectivity index (χ1v) is 18.3. The average Bonchev–Trinajstić information content (AvgIpc) is 3.52. The van der Waals surface area contributed by atoms with Gasteiger partial charge in [-0.3, -0.25) is 19.2 Å². The Morgan fingerprint density at radius 1 is 0.404 bits per heavy atom. The molecule has 4 amide bonds. The Morgan fingerprint density at radius 2 is 0.712 bits per heavy atom. The molecule has 14 heteroatoms. The zero-order chi connectivity index (χ0) is 37.2. The van der Waals surface area contributed by atoms with Crippen molar-refractivity contribution < 1.29 is 44.6 Å². The first-order chi connectivity index (χ1) is 24.8. The van der Waals surface area contributed by atoms with Gasteiger partial charge in [-0.05, 0) is 61.4 Å². The Labute approximate surface area is 299 Å². The van der Waals surface area contributed by atoms with Gasteiger partial charge in [-0.25, -0.2) is 0 Å². The fourth-order valence-electron chi connectivity index (χ4n) is 5.25. The van der Waals surface area contributed by atoms with Crippen molar-refractivity contribution in [2.75, 3.05) is 0 Å². The monoisotopic (exact) mass is 736 g/mol. The second-order valence-electron chi connectivity index (χ2n) is 11.5. The first-order valence-electron chi connectivity index (χ1n) is 15.5. The molecule has 2 aliphatic heterocycles. The fraction of sp³-hybridized carbons (Fsp3) is 0.0526. The van der Waals surface area contributed by atoms with E-state index in [9.17, 15) is 36.0 Å². The van der Waals surface area contributed by atoms with Crippen molar-refractivity contribution >= 4 is 55.0 Å². The van der Waals surface area contributed by atoms with Gasteiger partial charge in [-0.2, -0.15) is 16.8 Å². The number of fused-ring (bicyclic) bond motifs is 1. The highest BCUT2D eigenvalue weighted by atomic mass is 32.2. The van der Waals surface area contributed by atoms with Gasteiger partial charge in [0.1, 0.15) is 0 Å². The smallest absolute Gasteiger partial charge is 0.266 e. The van der Waals surface area contributed by atoms with E-state index < -0.39 is 43.9 Å². The summed E-state index contributed by atoms with van der Waals surface area (Å²) in [4.78, 5) is 50.1. The van der Waals surface area contributed by atoms with E-state index >= 15 is 0 Å². The SMILES string of the molecule is Cc1ccc(S(=O)(=O)ON2C(=O)C(c3ccccc3)=C(c3ccccc3)C2=O)cc1.Cc1ccc(S(=O)(=O)ON2C(=O)c3ccccc3C2=O)cc1. The fourth-order valence-corrected chi connectivity index (χ4v) is 7.02. The summed E-state index contributed by atoms with van der Waals surface area (Å²) in [6.45, 7) is 3.62. The van der Waals surface area contributed by atoms with E-state index in [0.29, 0.717) is 16.2 Å². The number of amides is 4. The molecular formula is C38H28N2O10S2. The lowest BCUT2D eigenvalue weighted by atomic mass is 9.96. The van der Waals surface area contributed by atoms with Gasteiger partial charge in [-0.1, -0.05) is 108 Å². The molecule has 0 unspecified atom stereocenters. The zero-order valence-electron chi connectivity index (χ0n) is 27.5. The molecule has 0 bridgehead atoms. The molecule has 2 aliphatic rings. The molecule has 0 N–H and O–H groups in total. The van der Waals surface area contributed by atoms with Crippen LogP contribution in [0.15, 0.2) is 143 Å². The summed E-state index contributed by atoms with van der Waals surface area (Å²) in [6.07, 6.45) is 0. The summed E-state index contributed by atoms with van der Waals surface area (Å²) in [7, 11) is -8.64. The summed E-state index contributed by atoms with van der Waals surface area (Å²) >= 11 is 0. The summed E-state index contributed by atoms with van der Waals surface area (Å²) in [5.41, 5.74) is 3.14. The number of hydroxylamine groups is 4. The minimum Gasteiger partial charge on any atom is -0.266 e. The predicted octanol–water partition coefficient (Wildman–Crippen LogP) is 5.51. The van der Waals surface area contributed by atoms with Gasteiger partial charge < -0.3 is 0 Å². The van der Waals surface area contributed by atoms with Crippen molar-refractivity contribution in [3.05, 3.63) is 167 Å². The predicted molar refractivity (Wildman–Crippen MR) is 187 cm³/mol. The summed E-state index contributed by atoms with van der Waals surface area (Å²) in [5.74, 6) is -3.26. The van der Waals surface area contributed by atoms with Gasteiger partial charge in [0, 0.05) is 0 Å². The molecule has 0 saturated heterocycles. The van der Waals surface area contributed by atoms with Crippen molar-refractivity contribution in [2.45, 2.75) is 23.6 Å². The molecule has 7 rings (SSSR count). The number of hydrogen-bond donors (Lipinski definition) is 0.